The Morgan fingerprint density at radius 1 is 1.05 bits per heavy atom. The number of methoxy groups -OCH3 is 1. The van der Waals surface area contributed by atoms with E-state index >= 15 is 0 Å². The fourth-order valence-electron chi connectivity index (χ4n) is 7.25. The zero-order chi connectivity index (χ0) is 27.1. The van der Waals surface area contributed by atoms with E-state index in [0.717, 1.165) is 45.1 Å². The summed E-state index contributed by atoms with van der Waals surface area (Å²) in [5, 5.41) is 11.0. The van der Waals surface area contributed by atoms with Gasteiger partial charge in [0.15, 0.2) is 0 Å². The Morgan fingerprint density at radius 2 is 1.79 bits per heavy atom. The molecule has 1 aliphatic heterocycles. The average Bonchev–Trinajstić information content (AvgIpc) is 3.56. The predicted molar refractivity (Wildman–Crippen MR) is 156 cm³/mol. The number of allylic oxidation sites excluding steroid dienone is 2. The van der Waals surface area contributed by atoms with Crippen LogP contribution in [-0.2, 0) is 19.7 Å². The van der Waals surface area contributed by atoms with E-state index in [2.05, 4.69) is 78.9 Å². The van der Waals surface area contributed by atoms with Crippen LogP contribution in [0.1, 0.15) is 69.8 Å². The first-order valence-electron chi connectivity index (χ1n) is 15.0. The Balaban J connectivity index is 1.34. The largest absolute Gasteiger partial charge is 0.469 e. The number of carbonyl (C=O) groups is 1. The summed E-state index contributed by atoms with van der Waals surface area (Å²) in [7, 11) is 1.44. The fraction of sp³-hybridized carbons (Fsp3) is 0.514. The minimum atomic E-state index is -0.361. The van der Waals surface area contributed by atoms with Gasteiger partial charge in [0.25, 0.3) is 0 Å². The molecule has 1 N–H and O–H groups in total. The Kier molecular flexibility index (Phi) is 9.36. The Labute approximate surface area is 234 Å². The second-order valence-corrected chi connectivity index (χ2v) is 11.8. The molecule has 3 fully saturated rings. The normalized spacial score (nSPS) is 27.9. The molecule has 5 atom stereocenters. The van der Waals surface area contributed by atoms with Crippen LogP contribution < -0.4 is 0 Å². The first-order valence-corrected chi connectivity index (χ1v) is 15.0. The lowest BCUT2D eigenvalue weighted by molar-refractivity contribution is -0.140. The summed E-state index contributed by atoms with van der Waals surface area (Å²) in [5.74, 6) is 0.937. The molecule has 1 heterocycles. The third-order valence-corrected chi connectivity index (χ3v) is 9.49. The predicted octanol–water partition coefficient (Wildman–Crippen LogP) is 7.41. The maximum absolute atomic E-state index is 11.4. The fourth-order valence-corrected chi connectivity index (χ4v) is 7.25. The highest BCUT2D eigenvalue weighted by molar-refractivity contribution is 5.69. The van der Waals surface area contributed by atoms with Gasteiger partial charge in [-0.15, -0.1) is 0 Å². The molecule has 2 bridgehead atoms. The number of rotatable bonds is 11. The van der Waals surface area contributed by atoms with Crippen molar-refractivity contribution in [2.75, 3.05) is 13.7 Å². The molecule has 2 aliphatic carbocycles. The van der Waals surface area contributed by atoms with E-state index in [1.165, 1.54) is 43.1 Å². The standard InChI is InChI=1S/C35H44O4/c1-38-34(37)17-11-3-2-10-16-31-30(22-23-32(36)28-14-8-5-9-15-28)33-24-35(31,25-39-33)29-20-18-27(19-21-29)26-12-6-4-7-13-26/h2,4,6-7,10,12-13,18-23,28,30-33,36H,3,5,8-9,11,14-17,24-25H2,1H3/b10-2-,23-22+/t30-,31-,32+,33-,35-/m0/s1. The van der Waals surface area contributed by atoms with Crippen molar-refractivity contribution in [2.24, 2.45) is 17.8 Å². The molecular formula is C35H44O4. The van der Waals surface area contributed by atoms with E-state index in [1.54, 1.807) is 0 Å². The van der Waals surface area contributed by atoms with Crippen LogP contribution in [0.15, 0.2) is 78.9 Å². The number of carbonyl (C=O) groups excluding carboxylic acids is 1. The summed E-state index contributed by atoms with van der Waals surface area (Å²) < 4.78 is 11.2. The van der Waals surface area contributed by atoms with E-state index in [1.807, 2.05) is 0 Å². The van der Waals surface area contributed by atoms with Crippen LogP contribution in [-0.4, -0.2) is 37.0 Å². The Morgan fingerprint density at radius 3 is 2.54 bits per heavy atom. The van der Waals surface area contributed by atoms with Gasteiger partial charge < -0.3 is 14.6 Å². The topological polar surface area (TPSA) is 55.8 Å². The highest BCUT2D eigenvalue weighted by Crippen LogP contribution is 2.57. The summed E-state index contributed by atoms with van der Waals surface area (Å²) in [6.45, 7) is 0.749. The van der Waals surface area contributed by atoms with Gasteiger partial charge >= 0.3 is 5.97 Å². The van der Waals surface area contributed by atoms with E-state index in [-0.39, 0.29) is 29.5 Å². The maximum Gasteiger partial charge on any atom is 0.305 e. The molecule has 0 unspecified atom stereocenters. The molecule has 0 amide bonds. The number of aliphatic hydroxyl groups is 1. The second-order valence-electron chi connectivity index (χ2n) is 11.8. The van der Waals surface area contributed by atoms with Gasteiger partial charge in [-0.3, -0.25) is 4.79 Å². The van der Waals surface area contributed by atoms with Crippen LogP contribution in [0.2, 0.25) is 0 Å². The molecule has 208 valence electrons. The second kappa shape index (κ2) is 13.1. The van der Waals surface area contributed by atoms with Gasteiger partial charge in [-0.2, -0.15) is 0 Å². The van der Waals surface area contributed by atoms with Crippen molar-refractivity contribution in [3.05, 3.63) is 84.5 Å². The molecule has 0 radical (unpaired) electrons. The number of fused-ring (bicyclic) bond motifs is 2. The molecule has 2 aromatic rings. The van der Waals surface area contributed by atoms with Crippen molar-refractivity contribution in [2.45, 2.75) is 81.8 Å². The molecule has 4 nitrogen and oxygen atoms in total. The Hall–Kier alpha value is -2.69. The monoisotopic (exact) mass is 528 g/mol. The van der Waals surface area contributed by atoms with Gasteiger partial charge in [0, 0.05) is 17.8 Å². The smallest absolute Gasteiger partial charge is 0.305 e. The molecule has 4 heteroatoms. The lowest BCUT2D eigenvalue weighted by Crippen LogP contribution is -2.39. The number of hydrogen-bond donors (Lipinski definition) is 1. The number of aliphatic hydroxyl groups excluding tert-OH is 1. The number of esters is 1. The summed E-state index contributed by atoms with van der Waals surface area (Å²) in [5.41, 5.74) is 3.80. The summed E-state index contributed by atoms with van der Waals surface area (Å²) in [6.07, 6.45) is 18.9. The van der Waals surface area contributed by atoms with Crippen LogP contribution in [0.3, 0.4) is 0 Å². The van der Waals surface area contributed by atoms with Gasteiger partial charge in [0.1, 0.15) is 0 Å². The summed E-state index contributed by atoms with van der Waals surface area (Å²) >= 11 is 0. The van der Waals surface area contributed by atoms with Crippen molar-refractivity contribution >= 4 is 5.97 Å². The maximum atomic E-state index is 11.4. The van der Waals surface area contributed by atoms with Crippen LogP contribution in [0, 0.1) is 17.8 Å². The average molecular weight is 529 g/mol. The van der Waals surface area contributed by atoms with E-state index in [0.29, 0.717) is 18.3 Å². The van der Waals surface area contributed by atoms with Gasteiger partial charge in [-0.1, -0.05) is 98.2 Å². The van der Waals surface area contributed by atoms with Crippen molar-refractivity contribution in [3.8, 4) is 11.1 Å². The molecule has 5 rings (SSSR count). The van der Waals surface area contributed by atoms with Crippen molar-refractivity contribution in [3.63, 3.8) is 0 Å². The molecule has 0 spiro atoms. The minimum Gasteiger partial charge on any atom is -0.469 e. The highest BCUT2D eigenvalue weighted by atomic mass is 16.5. The lowest BCUT2D eigenvalue weighted by Gasteiger charge is -2.38. The quantitative estimate of drug-likeness (QED) is 0.187. The zero-order valence-corrected chi connectivity index (χ0v) is 23.3. The third kappa shape index (κ3) is 6.39. The van der Waals surface area contributed by atoms with Gasteiger partial charge in [0.05, 0.1) is 25.9 Å². The molecule has 39 heavy (non-hydrogen) atoms. The van der Waals surface area contributed by atoms with E-state index < -0.39 is 0 Å². The van der Waals surface area contributed by atoms with Gasteiger partial charge in [-0.25, -0.2) is 0 Å². The summed E-state index contributed by atoms with van der Waals surface area (Å²) in [4.78, 5) is 11.4. The first-order chi connectivity index (χ1) is 19.1. The molecule has 2 aromatic carbocycles. The van der Waals surface area contributed by atoms with Crippen LogP contribution in [0.5, 0.6) is 0 Å². The zero-order valence-electron chi connectivity index (χ0n) is 23.3. The van der Waals surface area contributed by atoms with Crippen LogP contribution in [0.4, 0.5) is 0 Å². The highest BCUT2D eigenvalue weighted by Gasteiger charge is 2.58. The number of unbranched alkanes of at least 4 members (excludes halogenated alkanes) is 1. The van der Waals surface area contributed by atoms with Crippen molar-refractivity contribution in [1.29, 1.82) is 0 Å². The SMILES string of the molecule is COC(=O)CCC/C=C\C[C@H]1[C@H](/C=C/[C@@H](O)C2CCCCC2)[C@@H]2C[C@@]1(c1ccc(-c3ccccc3)cc1)CO2. The van der Waals surface area contributed by atoms with Crippen LogP contribution in [0.25, 0.3) is 11.1 Å². The van der Waals surface area contributed by atoms with Crippen LogP contribution >= 0.6 is 0 Å². The first kappa shape index (κ1) is 27.9. The number of hydrogen-bond acceptors (Lipinski definition) is 4. The van der Waals surface area contributed by atoms with E-state index in [4.69, 9.17) is 9.47 Å². The van der Waals surface area contributed by atoms with Gasteiger partial charge in [0.2, 0.25) is 0 Å². The molecule has 2 saturated carbocycles. The van der Waals surface area contributed by atoms with Crippen molar-refractivity contribution in [1.82, 2.24) is 0 Å². The lowest BCUT2D eigenvalue weighted by atomic mass is 9.69. The molecule has 1 saturated heterocycles. The third-order valence-electron chi connectivity index (χ3n) is 9.49. The molecule has 3 aliphatic rings. The van der Waals surface area contributed by atoms with Gasteiger partial charge in [-0.05, 0) is 67.1 Å². The van der Waals surface area contributed by atoms with Crippen molar-refractivity contribution < 1.29 is 19.4 Å². The molecule has 0 aromatic heterocycles. The number of benzene rings is 2. The molecular weight excluding hydrogens is 484 g/mol. The Bertz CT molecular complexity index is 1120. The summed E-state index contributed by atoms with van der Waals surface area (Å²) in [6, 6.07) is 19.7. The number of ether oxygens (including phenoxy) is 2. The minimum absolute atomic E-state index is 0.0267. The van der Waals surface area contributed by atoms with E-state index in [9.17, 15) is 9.90 Å².